The van der Waals surface area contributed by atoms with E-state index in [1.807, 2.05) is 0 Å². The average Bonchev–Trinajstić information content (AvgIpc) is 3.26. The topological polar surface area (TPSA) is 95.9 Å². The van der Waals surface area contributed by atoms with Crippen molar-refractivity contribution in [3.63, 3.8) is 0 Å². The minimum atomic E-state index is -0.793. The molecule has 6 heteroatoms. The molecular formula is C56H103NO5. The number of hydrogen-bond acceptors (Lipinski definition) is 5. The second-order valence-electron chi connectivity index (χ2n) is 18.3. The Morgan fingerprint density at radius 2 is 0.823 bits per heavy atom. The zero-order chi connectivity index (χ0) is 45.2. The fraction of sp³-hybridized carbons (Fsp3) is 0.821. The molecule has 0 saturated heterocycles. The van der Waals surface area contributed by atoms with Crippen LogP contribution in [0, 0.1) is 0 Å². The normalized spacial score (nSPS) is 13.6. The predicted octanol–water partition coefficient (Wildman–Crippen LogP) is 16.2. The highest BCUT2D eigenvalue weighted by molar-refractivity contribution is 5.77. The highest BCUT2D eigenvalue weighted by Crippen LogP contribution is 2.17. The quantitative estimate of drug-likeness (QED) is 0.0322. The number of allylic oxidation sites excluding steroid dienone is 8. The predicted molar refractivity (Wildman–Crippen MR) is 269 cm³/mol. The minimum absolute atomic E-state index is 0.0616. The molecule has 0 aromatic rings. The number of esters is 1. The van der Waals surface area contributed by atoms with Crippen LogP contribution in [-0.4, -0.2) is 46.9 Å². The lowest BCUT2D eigenvalue weighted by Crippen LogP contribution is -2.46. The van der Waals surface area contributed by atoms with Crippen LogP contribution in [-0.2, 0) is 14.3 Å². The van der Waals surface area contributed by atoms with E-state index in [0.29, 0.717) is 19.3 Å². The maximum atomic E-state index is 13.2. The average molecular weight is 870 g/mol. The summed E-state index contributed by atoms with van der Waals surface area (Å²) in [6.07, 6.45) is 60.3. The number of rotatable bonds is 48. The fourth-order valence-electron chi connectivity index (χ4n) is 8.02. The first-order valence-electron chi connectivity index (χ1n) is 26.9. The van der Waals surface area contributed by atoms with Gasteiger partial charge in [0.15, 0.2) is 0 Å². The summed E-state index contributed by atoms with van der Waals surface area (Å²) in [6, 6.07) is -0.708. The SMILES string of the molecule is CCCCC/C=C\C/C=C\C/C=C\CCCCCCC(CC(=O)NC(CO)C(O)CCCCCCCCCCC)OC(=O)CCCCCCCCC/C=C/CCCCCCCC. The number of ether oxygens (including phenoxy) is 1. The van der Waals surface area contributed by atoms with E-state index in [2.05, 4.69) is 74.7 Å². The van der Waals surface area contributed by atoms with Crippen molar-refractivity contribution in [1.82, 2.24) is 5.32 Å². The molecule has 0 fully saturated rings. The molecule has 0 aliphatic carbocycles. The molecule has 0 rings (SSSR count). The molecule has 0 heterocycles. The number of aliphatic hydroxyl groups excluding tert-OH is 2. The van der Waals surface area contributed by atoms with Crippen LogP contribution in [0.5, 0.6) is 0 Å². The molecule has 3 unspecified atom stereocenters. The van der Waals surface area contributed by atoms with Crippen molar-refractivity contribution in [2.24, 2.45) is 0 Å². The van der Waals surface area contributed by atoms with Crippen molar-refractivity contribution >= 4 is 11.9 Å². The van der Waals surface area contributed by atoms with Crippen molar-refractivity contribution < 1.29 is 24.5 Å². The lowest BCUT2D eigenvalue weighted by molar-refractivity contribution is -0.151. The number of nitrogens with one attached hydrogen (secondary N) is 1. The Labute approximate surface area is 385 Å². The largest absolute Gasteiger partial charge is 0.462 e. The molecule has 0 spiro atoms. The minimum Gasteiger partial charge on any atom is -0.462 e. The summed E-state index contributed by atoms with van der Waals surface area (Å²) in [6.45, 7) is 6.44. The summed E-state index contributed by atoms with van der Waals surface area (Å²) in [5.74, 6) is -0.495. The summed E-state index contributed by atoms with van der Waals surface area (Å²) in [4.78, 5) is 26.2. The lowest BCUT2D eigenvalue weighted by Gasteiger charge is -2.24. The van der Waals surface area contributed by atoms with Gasteiger partial charge in [0.1, 0.15) is 6.10 Å². The van der Waals surface area contributed by atoms with Crippen LogP contribution in [0.3, 0.4) is 0 Å². The zero-order valence-corrected chi connectivity index (χ0v) is 41.3. The number of hydrogen-bond donors (Lipinski definition) is 3. The van der Waals surface area contributed by atoms with Gasteiger partial charge in [0.05, 0.1) is 25.2 Å². The molecule has 362 valence electrons. The lowest BCUT2D eigenvalue weighted by atomic mass is 10.0. The van der Waals surface area contributed by atoms with E-state index >= 15 is 0 Å². The first-order chi connectivity index (χ1) is 30.5. The van der Waals surface area contributed by atoms with Crippen molar-refractivity contribution in [3.8, 4) is 0 Å². The van der Waals surface area contributed by atoms with Gasteiger partial charge in [-0.25, -0.2) is 0 Å². The van der Waals surface area contributed by atoms with Crippen molar-refractivity contribution in [2.45, 2.75) is 289 Å². The Kier molecular flexibility index (Phi) is 48.1. The maximum absolute atomic E-state index is 13.2. The van der Waals surface area contributed by atoms with E-state index in [9.17, 15) is 19.8 Å². The van der Waals surface area contributed by atoms with Crippen LogP contribution in [0.1, 0.15) is 271 Å². The number of carbonyl (C=O) groups excluding carboxylic acids is 2. The summed E-state index contributed by atoms with van der Waals surface area (Å²) in [5, 5.41) is 23.7. The number of unbranched alkanes of at least 4 members (excludes halogenated alkanes) is 28. The Morgan fingerprint density at radius 1 is 0.468 bits per heavy atom. The molecule has 1 amide bonds. The molecular weight excluding hydrogens is 767 g/mol. The van der Waals surface area contributed by atoms with Crippen molar-refractivity contribution in [3.05, 3.63) is 48.6 Å². The first-order valence-corrected chi connectivity index (χ1v) is 26.9. The van der Waals surface area contributed by atoms with Gasteiger partial charge in [0, 0.05) is 6.42 Å². The summed E-state index contributed by atoms with van der Waals surface area (Å²) in [7, 11) is 0. The smallest absolute Gasteiger partial charge is 0.306 e. The van der Waals surface area contributed by atoms with Gasteiger partial charge in [-0.15, -0.1) is 0 Å². The van der Waals surface area contributed by atoms with E-state index in [4.69, 9.17) is 4.74 Å². The summed E-state index contributed by atoms with van der Waals surface area (Å²) < 4.78 is 5.93. The second kappa shape index (κ2) is 49.8. The summed E-state index contributed by atoms with van der Waals surface area (Å²) in [5.41, 5.74) is 0. The van der Waals surface area contributed by atoms with Gasteiger partial charge in [-0.3, -0.25) is 9.59 Å². The third-order valence-electron chi connectivity index (χ3n) is 12.1. The number of aliphatic hydroxyl groups is 2. The Morgan fingerprint density at radius 3 is 1.29 bits per heavy atom. The van der Waals surface area contributed by atoms with Crippen LogP contribution in [0.25, 0.3) is 0 Å². The van der Waals surface area contributed by atoms with E-state index in [1.165, 1.54) is 141 Å². The monoisotopic (exact) mass is 870 g/mol. The summed E-state index contributed by atoms with van der Waals surface area (Å²) >= 11 is 0. The molecule has 62 heavy (non-hydrogen) atoms. The van der Waals surface area contributed by atoms with Gasteiger partial charge in [0.25, 0.3) is 0 Å². The van der Waals surface area contributed by atoms with Gasteiger partial charge in [-0.2, -0.15) is 0 Å². The second-order valence-corrected chi connectivity index (χ2v) is 18.3. The van der Waals surface area contributed by atoms with Gasteiger partial charge in [-0.05, 0) is 89.9 Å². The molecule has 0 radical (unpaired) electrons. The van der Waals surface area contributed by atoms with Crippen molar-refractivity contribution in [1.29, 1.82) is 0 Å². The van der Waals surface area contributed by atoms with Crippen molar-refractivity contribution in [2.75, 3.05) is 6.61 Å². The highest BCUT2D eigenvalue weighted by Gasteiger charge is 2.24. The number of amides is 1. The molecule has 0 bridgehead atoms. The standard InChI is InChI=1S/C56H103NO5/c1-4-7-10-13-16-19-21-23-25-27-29-31-33-36-38-41-44-47-52(50-55(60)57-53(51-58)54(59)48-45-42-39-35-18-15-12-9-6-3)62-56(61)49-46-43-40-37-34-32-30-28-26-24-22-20-17-14-11-8-5-2/h16,19,23-26,29,31,52-54,58-59H,4-15,17-18,20-22,27-28,30,32-51H2,1-3H3,(H,57,60)/b19-16-,25-23-,26-24+,31-29-. The molecule has 3 atom stereocenters. The molecule has 0 saturated carbocycles. The first kappa shape index (κ1) is 59.8. The van der Waals surface area contributed by atoms with Crippen LogP contribution in [0.4, 0.5) is 0 Å². The van der Waals surface area contributed by atoms with E-state index < -0.39 is 18.2 Å². The van der Waals surface area contributed by atoms with E-state index in [0.717, 1.165) is 83.5 Å². The zero-order valence-electron chi connectivity index (χ0n) is 41.3. The third kappa shape index (κ3) is 44.4. The van der Waals surface area contributed by atoms with Crippen LogP contribution in [0.2, 0.25) is 0 Å². The molecule has 6 nitrogen and oxygen atoms in total. The van der Waals surface area contributed by atoms with Crippen LogP contribution in [0.15, 0.2) is 48.6 Å². The Balaban J connectivity index is 4.60. The maximum Gasteiger partial charge on any atom is 0.306 e. The van der Waals surface area contributed by atoms with E-state index in [-0.39, 0.29) is 24.9 Å². The number of carbonyl (C=O) groups is 2. The Hall–Kier alpha value is -2.18. The highest BCUT2D eigenvalue weighted by atomic mass is 16.5. The molecule has 0 aromatic carbocycles. The molecule has 3 N–H and O–H groups in total. The van der Waals surface area contributed by atoms with Gasteiger partial charge < -0.3 is 20.3 Å². The van der Waals surface area contributed by atoms with Gasteiger partial charge in [0.2, 0.25) is 5.91 Å². The van der Waals surface area contributed by atoms with Crippen LogP contribution < -0.4 is 5.32 Å². The molecule has 0 aliphatic heterocycles. The molecule has 0 aromatic heterocycles. The Bertz CT molecular complexity index is 1070. The molecule has 0 aliphatic rings. The van der Waals surface area contributed by atoms with E-state index in [1.54, 1.807) is 0 Å². The van der Waals surface area contributed by atoms with Gasteiger partial charge in [-0.1, -0.05) is 217 Å². The van der Waals surface area contributed by atoms with Gasteiger partial charge >= 0.3 is 5.97 Å². The fourth-order valence-corrected chi connectivity index (χ4v) is 8.02. The van der Waals surface area contributed by atoms with Crippen LogP contribution >= 0.6 is 0 Å². The third-order valence-corrected chi connectivity index (χ3v) is 12.1.